The Morgan fingerprint density at radius 3 is 2.70 bits per heavy atom. The molecule has 1 saturated heterocycles. The molecule has 20 heavy (non-hydrogen) atoms. The molecule has 3 nitrogen and oxygen atoms in total. The first-order valence-corrected chi connectivity index (χ1v) is 6.91. The summed E-state index contributed by atoms with van der Waals surface area (Å²) in [7, 11) is 0. The van der Waals surface area contributed by atoms with Gasteiger partial charge in [-0.3, -0.25) is 9.69 Å². The second-order valence-electron chi connectivity index (χ2n) is 4.92. The van der Waals surface area contributed by atoms with Gasteiger partial charge in [0.1, 0.15) is 0 Å². The first-order valence-electron chi connectivity index (χ1n) is 7.91. The van der Waals surface area contributed by atoms with Crippen LogP contribution in [0.5, 0.6) is 0 Å². The molecule has 0 atom stereocenters. The van der Waals surface area contributed by atoms with Crippen molar-refractivity contribution in [1.29, 1.82) is 0 Å². The molecule has 3 rings (SSSR count). The highest BCUT2D eigenvalue weighted by Crippen LogP contribution is 2.16. The van der Waals surface area contributed by atoms with Gasteiger partial charge in [-0.25, -0.2) is 0 Å². The lowest BCUT2D eigenvalue weighted by atomic mass is 10.0. The Kier molecular flexibility index (Phi) is 3.39. The van der Waals surface area contributed by atoms with Gasteiger partial charge in [0.15, 0.2) is 5.78 Å². The smallest absolute Gasteiger partial charge is 0.164 e. The number of fused-ring (bicyclic) bond motifs is 1. The summed E-state index contributed by atoms with van der Waals surface area (Å²) in [5.74, 6) is -0.165. The number of carbonyl (C=O) groups is 1. The molecule has 104 valence electrons. The summed E-state index contributed by atoms with van der Waals surface area (Å²) in [6.45, 7) is 0.454. The van der Waals surface area contributed by atoms with Gasteiger partial charge in [0, 0.05) is 34.3 Å². The second-order valence-corrected chi connectivity index (χ2v) is 4.92. The van der Waals surface area contributed by atoms with Crippen LogP contribution in [0, 0.1) is 0 Å². The monoisotopic (exact) mass is 271 g/mol. The molecule has 1 aliphatic rings. The Labute approximate surface area is 122 Å². The number of benzene rings is 2. The number of carbonyl (C=O) groups excluding carboxylic acids is 1. The zero-order valence-electron chi connectivity index (χ0n) is 13.3. The summed E-state index contributed by atoms with van der Waals surface area (Å²) < 4.78 is 21.6. The third-order valence-electron chi connectivity index (χ3n) is 3.55. The van der Waals surface area contributed by atoms with Crippen molar-refractivity contribution >= 4 is 16.6 Å². The summed E-state index contributed by atoms with van der Waals surface area (Å²) in [6.07, 6.45) is -0.134. The van der Waals surface area contributed by atoms with E-state index in [0.717, 1.165) is 10.8 Å². The molecule has 0 N–H and O–H groups in total. The predicted molar refractivity (Wildman–Crippen MR) is 80.2 cm³/mol. The van der Waals surface area contributed by atoms with Gasteiger partial charge in [0.2, 0.25) is 0 Å². The third-order valence-corrected chi connectivity index (χ3v) is 3.55. The van der Waals surface area contributed by atoms with Gasteiger partial charge in [-0.2, -0.15) is 0 Å². The van der Waals surface area contributed by atoms with Crippen molar-refractivity contribution in [3.05, 3.63) is 48.0 Å². The molecular weight excluding hydrogens is 250 g/mol. The molecule has 0 aliphatic carbocycles. The molecule has 3 heteroatoms. The number of rotatable bonds is 4. The molecule has 0 bridgehead atoms. The molecule has 0 unspecified atom stereocenters. The van der Waals surface area contributed by atoms with Crippen molar-refractivity contribution in [3.63, 3.8) is 0 Å². The van der Waals surface area contributed by atoms with E-state index >= 15 is 0 Å². The molecule has 2 aromatic carbocycles. The number of ether oxygens (including phenoxy) is 1. The largest absolute Gasteiger partial charge is 0.379 e. The number of nitrogens with zero attached hydrogens (tertiary/aromatic N) is 1. The number of Topliss-reactive ketones (excluding diaryl/α,β-unsaturated/α-hetero) is 1. The Morgan fingerprint density at radius 1 is 1.15 bits per heavy atom. The van der Waals surface area contributed by atoms with Crippen LogP contribution < -0.4 is 0 Å². The van der Waals surface area contributed by atoms with E-state index < -0.39 is 6.50 Å². The quantitative estimate of drug-likeness (QED) is 0.801. The number of morpholine rings is 1. The van der Waals surface area contributed by atoms with Gasteiger partial charge in [-0.1, -0.05) is 36.4 Å². The van der Waals surface area contributed by atoms with Crippen molar-refractivity contribution in [2.45, 2.75) is 6.42 Å². The fourth-order valence-electron chi connectivity index (χ4n) is 2.37. The standard InChI is InChI=1S/C17H19NO2/c19-17(7-8-18-9-11-20-12-10-18)16-6-5-14-3-1-2-4-15(14)13-16/h1-6,13H,7-12H2/i8D2. The highest BCUT2D eigenvalue weighted by Gasteiger charge is 2.13. The molecule has 0 aromatic heterocycles. The molecule has 1 fully saturated rings. The second kappa shape index (κ2) is 6.16. The van der Waals surface area contributed by atoms with E-state index in [-0.39, 0.29) is 12.2 Å². The van der Waals surface area contributed by atoms with E-state index in [4.69, 9.17) is 7.48 Å². The fraction of sp³-hybridized carbons (Fsp3) is 0.353. The maximum atomic E-state index is 12.4. The van der Waals surface area contributed by atoms with Gasteiger partial charge in [0.25, 0.3) is 0 Å². The van der Waals surface area contributed by atoms with Crippen molar-refractivity contribution in [2.75, 3.05) is 32.8 Å². The van der Waals surface area contributed by atoms with Crippen molar-refractivity contribution in [1.82, 2.24) is 4.90 Å². The lowest BCUT2D eigenvalue weighted by molar-refractivity contribution is 0.0370. The lowest BCUT2D eigenvalue weighted by Crippen LogP contribution is -2.37. The van der Waals surface area contributed by atoms with E-state index in [1.54, 1.807) is 11.0 Å². The Bertz CT molecular complexity index is 681. The van der Waals surface area contributed by atoms with Gasteiger partial charge in [0.05, 0.1) is 13.2 Å². The first-order chi connectivity index (χ1) is 10.6. The number of hydrogen-bond donors (Lipinski definition) is 0. The average molecular weight is 271 g/mol. The minimum Gasteiger partial charge on any atom is -0.379 e. The molecule has 0 spiro atoms. The molecule has 1 aliphatic heterocycles. The number of ketones is 1. The van der Waals surface area contributed by atoms with Gasteiger partial charge < -0.3 is 4.74 Å². The molecule has 1 heterocycles. The van der Waals surface area contributed by atoms with Gasteiger partial charge >= 0.3 is 0 Å². The summed E-state index contributed by atoms with van der Waals surface area (Å²) >= 11 is 0. The van der Waals surface area contributed by atoms with Crippen LogP contribution in [0.4, 0.5) is 0 Å². The summed E-state index contributed by atoms with van der Waals surface area (Å²) in [4.78, 5) is 14.1. The predicted octanol–water partition coefficient (Wildman–Crippen LogP) is 2.74. The zero-order chi connectivity index (χ0) is 15.6. The highest BCUT2D eigenvalue weighted by atomic mass is 16.5. The van der Waals surface area contributed by atoms with E-state index in [9.17, 15) is 4.79 Å². The normalized spacial score (nSPS) is 18.6. The molecular formula is C17H19NO2. The maximum absolute atomic E-state index is 12.4. The van der Waals surface area contributed by atoms with Crippen LogP contribution in [0.3, 0.4) is 0 Å². The average Bonchev–Trinajstić information content (AvgIpc) is 2.55. The van der Waals surface area contributed by atoms with Crippen molar-refractivity contribution in [2.24, 2.45) is 0 Å². The van der Waals surface area contributed by atoms with Crippen LogP contribution >= 0.6 is 0 Å². The lowest BCUT2D eigenvalue weighted by Gasteiger charge is -2.26. The molecule has 0 radical (unpaired) electrons. The molecule has 0 amide bonds. The SMILES string of the molecule is [2H]C([2H])(CC(=O)c1ccc2ccccc2c1)N1CCOCC1. The Hall–Kier alpha value is -1.71. The van der Waals surface area contributed by atoms with Crippen LogP contribution in [0.1, 0.15) is 19.5 Å². The van der Waals surface area contributed by atoms with E-state index in [0.29, 0.717) is 31.9 Å². The third kappa shape index (κ3) is 3.06. The van der Waals surface area contributed by atoms with E-state index in [1.165, 1.54) is 0 Å². The Morgan fingerprint density at radius 2 is 1.90 bits per heavy atom. The number of hydrogen-bond acceptors (Lipinski definition) is 3. The summed E-state index contributed by atoms with van der Waals surface area (Å²) in [5, 5.41) is 2.08. The summed E-state index contributed by atoms with van der Waals surface area (Å²) in [6, 6.07) is 13.4. The zero-order valence-corrected chi connectivity index (χ0v) is 11.3. The van der Waals surface area contributed by atoms with Gasteiger partial charge in [-0.05, 0) is 16.8 Å². The minimum atomic E-state index is -1.63. The van der Waals surface area contributed by atoms with Crippen molar-refractivity contribution in [3.8, 4) is 0 Å². The van der Waals surface area contributed by atoms with E-state index in [2.05, 4.69) is 0 Å². The van der Waals surface area contributed by atoms with E-state index in [1.807, 2.05) is 36.4 Å². The van der Waals surface area contributed by atoms with Crippen LogP contribution in [-0.4, -0.2) is 43.5 Å². The maximum Gasteiger partial charge on any atom is 0.164 e. The highest BCUT2D eigenvalue weighted by molar-refractivity contribution is 6.00. The van der Waals surface area contributed by atoms with Crippen molar-refractivity contribution < 1.29 is 12.3 Å². The Balaban J connectivity index is 1.77. The summed E-state index contributed by atoms with van der Waals surface area (Å²) in [5.41, 5.74) is 0.566. The molecule has 2 aromatic rings. The molecule has 0 saturated carbocycles. The minimum absolute atomic E-state index is 0.134. The van der Waals surface area contributed by atoms with Crippen LogP contribution in [-0.2, 0) is 4.74 Å². The fourth-order valence-corrected chi connectivity index (χ4v) is 2.37. The van der Waals surface area contributed by atoms with Crippen LogP contribution in [0.25, 0.3) is 10.8 Å². The van der Waals surface area contributed by atoms with Gasteiger partial charge in [-0.15, -0.1) is 0 Å². The van der Waals surface area contributed by atoms with Crippen LogP contribution in [0.15, 0.2) is 42.5 Å². The topological polar surface area (TPSA) is 29.5 Å². The van der Waals surface area contributed by atoms with Crippen LogP contribution in [0.2, 0.25) is 0 Å². The first kappa shape index (κ1) is 11.0.